The smallest absolute Gasteiger partial charge is 0.228 e. The van der Waals surface area contributed by atoms with Gasteiger partial charge in [0, 0.05) is 30.6 Å². The molecule has 5 rings (SSSR count). The lowest BCUT2D eigenvalue weighted by Crippen LogP contribution is -2.52. The van der Waals surface area contributed by atoms with Crippen molar-refractivity contribution in [3.8, 4) is 0 Å². The van der Waals surface area contributed by atoms with Crippen LogP contribution in [0, 0.1) is 40.9 Å². The van der Waals surface area contributed by atoms with Gasteiger partial charge in [-0.3, -0.25) is 9.78 Å². The number of nitrogens with zero attached hydrogens (tertiary/aromatic N) is 1. The van der Waals surface area contributed by atoms with E-state index in [0.717, 1.165) is 49.1 Å². The molecule has 176 valence electrons. The van der Waals surface area contributed by atoms with Crippen LogP contribution in [0.1, 0.15) is 71.6 Å². The Labute approximate surface area is 192 Å². The van der Waals surface area contributed by atoms with Gasteiger partial charge in [0.25, 0.3) is 0 Å². The highest BCUT2D eigenvalue weighted by atomic mass is 16.5. The van der Waals surface area contributed by atoms with Gasteiger partial charge in [0.2, 0.25) is 5.91 Å². The number of pyridine rings is 1. The summed E-state index contributed by atoms with van der Waals surface area (Å²) >= 11 is 0. The number of rotatable bonds is 5. The Hall–Kier alpha value is -1.46. The van der Waals surface area contributed by atoms with Crippen LogP contribution < -0.4 is 5.32 Å². The molecule has 4 aliphatic carbocycles. The molecule has 4 saturated carbocycles. The van der Waals surface area contributed by atoms with Crippen molar-refractivity contribution in [3.05, 3.63) is 24.5 Å². The molecule has 1 aromatic rings. The molecule has 32 heavy (non-hydrogen) atoms. The summed E-state index contributed by atoms with van der Waals surface area (Å²) < 4.78 is 5.62. The zero-order valence-corrected chi connectivity index (χ0v) is 19.8. The predicted octanol–water partition coefficient (Wildman–Crippen LogP) is 5.06. The Balaban J connectivity index is 1.27. The van der Waals surface area contributed by atoms with E-state index in [1.807, 2.05) is 19.1 Å². The van der Waals surface area contributed by atoms with E-state index in [2.05, 4.69) is 17.2 Å². The van der Waals surface area contributed by atoms with Gasteiger partial charge in [0.05, 0.1) is 12.2 Å². The van der Waals surface area contributed by atoms with E-state index in [0.29, 0.717) is 25.0 Å². The first-order valence-corrected chi connectivity index (χ1v) is 12.9. The summed E-state index contributed by atoms with van der Waals surface area (Å²) in [5.74, 6) is 3.92. The summed E-state index contributed by atoms with van der Waals surface area (Å²) in [5, 5.41) is 14.2. The number of nitrogens with one attached hydrogen (secondary N) is 1. The van der Waals surface area contributed by atoms with Gasteiger partial charge in [-0.15, -0.1) is 0 Å². The Morgan fingerprint density at radius 1 is 1.09 bits per heavy atom. The third kappa shape index (κ3) is 3.90. The molecule has 5 heteroatoms. The molecule has 0 saturated heterocycles. The number of hydrogen-bond donors (Lipinski definition) is 2. The fraction of sp³-hybridized carbons (Fsp3) is 0.778. The lowest BCUT2D eigenvalue weighted by molar-refractivity contribution is -0.135. The summed E-state index contributed by atoms with van der Waals surface area (Å²) in [7, 11) is 0. The third-order valence-corrected chi connectivity index (χ3v) is 9.94. The van der Waals surface area contributed by atoms with E-state index in [1.54, 1.807) is 12.4 Å². The van der Waals surface area contributed by atoms with Gasteiger partial charge in [-0.2, -0.15) is 0 Å². The maximum atomic E-state index is 13.2. The van der Waals surface area contributed by atoms with Crippen LogP contribution in [0.5, 0.6) is 0 Å². The first-order valence-electron chi connectivity index (χ1n) is 12.9. The van der Waals surface area contributed by atoms with E-state index in [1.165, 1.54) is 32.1 Å². The Bertz CT molecular complexity index is 816. The summed E-state index contributed by atoms with van der Waals surface area (Å²) in [5.41, 5.74) is 0.361. The van der Waals surface area contributed by atoms with Gasteiger partial charge in [-0.1, -0.05) is 6.92 Å². The average Bonchev–Trinajstić information content (AvgIpc) is 3.15. The second kappa shape index (κ2) is 8.72. The molecule has 0 radical (unpaired) electrons. The number of aromatic nitrogens is 1. The molecule has 1 amide bonds. The van der Waals surface area contributed by atoms with Crippen molar-refractivity contribution < 1.29 is 14.6 Å². The van der Waals surface area contributed by atoms with Crippen LogP contribution in [-0.4, -0.2) is 34.8 Å². The number of hydrogen-bond acceptors (Lipinski definition) is 4. The highest BCUT2D eigenvalue weighted by molar-refractivity contribution is 5.93. The fourth-order valence-electron chi connectivity index (χ4n) is 8.48. The molecular formula is C27H40N2O3. The van der Waals surface area contributed by atoms with Crippen molar-refractivity contribution in [1.82, 2.24) is 4.98 Å². The number of carbonyl (C=O) groups is 1. The van der Waals surface area contributed by atoms with Crippen LogP contribution in [-0.2, 0) is 9.53 Å². The minimum Gasteiger partial charge on any atom is -0.387 e. The van der Waals surface area contributed by atoms with Gasteiger partial charge in [0.15, 0.2) is 0 Å². The molecule has 8 atom stereocenters. The molecule has 0 bridgehead atoms. The lowest BCUT2D eigenvalue weighted by Gasteiger charge is -2.57. The second-order valence-corrected chi connectivity index (χ2v) is 11.4. The molecule has 2 N–H and O–H groups in total. The van der Waals surface area contributed by atoms with Crippen LogP contribution in [0.4, 0.5) is 5.69 Å². The van der Waals surface area contributed by atoms with Gasteiger partial charge >= 0.3 is 0 Å². The average molecular weight is 441 g/mol. The van der Waals surface area contributed by atoms with E-state index >= 15 is 0 Å². The second-order valence-electron chi connectivity index (χ2n) is 11.4. The van der Waals surface area contributed by atoms with Gasteiger partial charge in [-0.25, -0.2) is 0 Å². The number of carbonyl (C=O) groups excluding carboxylic acids is 1. The van der Waals surface area contributed by atoms with Crippen LogP contribution in [0.15, 0.2) is 24.5 Å². The molecular weight excluding hydrogens is 400 g/mol. The number of aliphatic hydroxyl groups is 1. The van der Waals surface area contributed by atoms with Crippen molar-refractivity contribution in [3.63, 3.8) is 0 Å². The van der Waals surface area contributed by atoms with Crippen molar-refractivity contribution in [2.45, 2.75) is 77.2 Å². The van der Waals surface area contributed by atoms with Crippen LogP contribution in [0.25, 0.3) is 0 Å². The highest BCUT2D eigenvalue weighted by Gasteiger charge is 2.59. The third-order valence-electron chi connectivity index (χ3n) is 9.94. The first-order chi connectivity index (χ1) is 15.4. The van der Waals surface area contributed by atoms with Gasteiger partial charge < -0.3 is 15.2 Å². The fourth-order valence-corrected chi connectivity index (χ4v) is 8.48. The number of fused-ring (bicyclic) bond motifs is 5. The Morgan fingerprint density at radius 3 is 2.66 bits per heavy atom. The van der Waals surface area contributed by atoms with Crippen LogP contribution in [0.3, 0.4) is 0 Å². The Morgan fingerprint density at radius 2 is 1.88 bits per heavy atom. The standard InChI is InChI=1S/C27H40N2O3/c1-3-32-17-27(31)13-9-20-18(16-27)4-5-22-21(20)8-12-26(2)23(22)6-7-24(26)25(30)29-19-10-14-28-15-11-19/h10-11,14-15,18,20-24,31H,3-9,12-13,16-17H2,1-2H3,(H,28,29,30)/t18-,20+,21-,22-,23+,24-,26+,27-/m1/s1. The van der Waals surface area contributed by atoms with Crippen LogP contribution >= 0.6 is 0 Å². The summed E-state index contributed by atoms with van der Waals surface area (Å²) in [6, 6.07) is 3.75. The van der Waals surface area contributed by atoms with Crippen molar-refractivity contribution in [1.29, 1.82) is 0 Å². The van der Waals surface area contributed by atoms with Crippen molar-refractivity contribution in [2.75, 3.05) is 18.5 Å². The normalized spacial score (nSPS) is 43.1. The molecule has 1 heterocycles. The first kappa shape index (κ1) is 22.3. The minimum absolute atomic E-state index is 0.113. The molecule has 0 unspecified atom stereocenters. The Kier molecular flexibility index (Phi) is 6.08. The molecule has 5 nitrogen and oxygen atoms in total. The monoisotopic (exact) mass is 440 g/mol. The molecule has 4 aliphatic rings. The van der Waals surface area contributed by atoms with Gasteiger partial charge in [-0.05, 0) is 112 Å². The predicted molar refractivity (Wildman–Crippen MR) is 125 cm³/mol. The summed E-state index contributed by atoms with van der Waals surface area (Å²) in [6.07, 6.45) is 13.6. The number of ether oxygens (including phenoxy) is 1. The molecule has 0 aromatic carbocycles. The highest BCUT2D eigenvalue weighted by Crippen LogP contribution is 2.64. The van der Waals surface area contributed by atoms with Crippen molar-refractivity contribution in [2.24, 2.45) is 40.9 Å². The minimum atomic E-state index is -0.614. The quantitative estimate of drug-likeness (QED) is 0.672. The zero-order valence-electron chi connectivity index (χ0n) is 19.8. The maximum absolute atomic E-state index is 13.2. The maximum Gasteiger partial charge on any atom is 0.228 e. The summed E-state index contributed by atoms with van der Waals surface area (Å²) in [4.78, 5) is 17.3. The molecule has 0 spiro atoms. The summed E-state index contributed by atoms with van der Waals surface area (Å²) in [6.45, 7) is 5.59. The molecule has 0 aliphatic heterocycles. The van der Waals surface area contributed by atoms with E-state index in [-0.39, 0.29) is 17.2 Å². The molecule has 1 aromatic heterocycles. The zero-order chi connectivity index (χ0) is 22.3. The van der Waals surface area contributed by atoms with Gasteiger partial charge in [0.1, 0.15) is 0 Å². The van der Waals surface area contributed by atoms with Crippen LogP contribution in [0.2, 0.25) is 0 Å². The topological polar surface area (TPSA) is 71.5 Å². The number of amides is 1. The van der Waals surface area contributed by atoms with Crippen molar-refractivity contribution >= 4 is 11.6 Å². The largest absolute Gasteiger partial charge is 0.387 e. The van der Waals surface area contributed by atoms with E-state index < -0.39 is 5.60 Å². The number of anilines is 1. The molecule has 4 fully saturated rings. The van der Waals surface area contributed by atoms with E-state index in [4.69, 9.17) is 4.74 Å². The van der Waals surface area contributed by atoms with E-state index in [9.17, 15) is 9.90 Å². The SMILES string of the molecule is CCOC[C@@]1(O)CC[C@H]2[C@H](CC[C@@H]3[C@@H]2CC[C@]2(C)[C@@H](C(=O)Nc4ccncc4)CC[C@@H]32)C1. The lowest BCUT2D eigenvalue weighted by atomic mass is 9.49.